The van der Waals surface area contributed by atoms with Gasteiger partial charge in [-0.2, -0.15) is 0 Å². The predicted octanol–water partition coefficient (Wildman–Crippen LogP) is 3.74. The molecule has 0 amide bonds. The SMILES string of the molecule is CCC(=Cc1ccc(OC)c(OC)c1OC)CCl. The van der Waals surface area contributed by atoms with Gasteiger partial charge in [0, 0.05) is 11.4 Å². The van der Waals surface area contributed by atoms with Crippen molar-refractivity contribution in [3.63, 3.8) is 0 Å². The minimum Gasteiger partial charge on any atom is -0.493 e. The van der Waals surface area contributed by atoms with Crippen LogP contribution in [0.5, 0.6) is 17.2 Å². The van der Waals surface area contributed by atoms with Crippen molar-refractivity contribution in [2.45, 2.75) is 13.3 Å². The van der Waals surface area contributed by atoms with E-state index in [4.69, 9.17) is 25.8 Å². The summed E-state index contributed by atoms with van der Waals surface area (Å²) in [6.07, 6.45) is 2.93. The molecule has 100 valence electrons. The van der Waals surface area contributed by atoms with Gasteiger partial charge < -0.3 is 14.2 Å². The van der Waals surface area contributed by atoms with Crippen molar-refractivity contribution in [3.05, 3.63) is 23.3 Å². The number of ether oxygens (including phenoxy) is 3. The van der Waals surface area contributed by atoms with E-state index in [1.54, 1.807) is 21.3 Å². The lowest BCUT2D eigenvalue weighted by Crippen LogP contribution is -1.97. The van der Waals surface area contributed by atoms with E-state index in [0.717, 1.165) is 17.6 Å². The van der Waals surface area contributed by atoms with E-state index >= 15 is 0 Å². The van der Waals surface area contributed by atoms with E-state index in [-0.39, 0.29) is 0 Å². The first-order chi connectivity index (χ1) is 8.71. The lowest BCUT2D eigenvalue weighted by molar-refractivity contribution is 0.324. The van der Waals surface area contributed by atoms with E-state index in [1.807, 2.05) is 18.2 Å². The van der Waals surface area contributed by atoms with Gasteiger partial charge >= 0.3 is 0 Å². The Bertz CT molecular complexity index is 421. The summed E-state index contributed by atoms with van der Waals surface area (Å²) in [6, 6.07) is 3.79. The normalized spacial score (nSPS) is 11.3. The standard InChI is InChI=1S/C14H19ClO3/c1-5-10(9-15)8-11-6-7-12(16-2)14(18-4)13(11)17-3/h6-8H,5,9H2,1-4H3. The molecule has 0 bridgehead atoms. The number of rotatable bonds is 6. The lowest BCUT2D eigenvalue weighted by atomic mass is 10.1. The third kappa shape index (κ3) is 3.10. The van der Waals surface area contributed by atoms with Crippen LogP contribution in [0, 0.1) is 0 Å². The smallest absolute Gasteiger partial charge is 0.203 e. The Hall–Kier alpha value is -1.35. The number of methoxy groups -OCH3 is 3. The van der Waals surface area contributed by atoms with Crippen molar-refractivity contribution >= 4 is 17.7 Å². The zero-order chi connectivity index (χ0) is 13.5. The summed E-state index contributed by atoms with van der Waals surface area (Å²) in [5, 5.41) is 0. The molecule has 0 saturated carbocycles. The molecule has 0 radical (unpaired) electrons. The van der Waals surface area contributed by atoms with E-state index in [0.29, 0.717) is 23.1 Å². The van der Waals surface area contributed by atoms with Gasteiger partial charge in [-0.05, 0) is 18.6 Å². The first kappa shape index (κ1) is 14.7. The zero-order valence-electron chi connectivity index (χ0n) is 11.2. The largest absolute Gasteiger partial charge is 0.493 e. The predicted molar refractivity (Wildman–Crippen MR) is 75.1 cm³/mol. The highest BCUT2D eigenvalue weighted by Gasteiger charge is 2.14. The topological polar surface area (TPSA) is 27.7 Å². The van der Waals surface area contributed by atoms with Gasteiger partial charge in [-0.15, -0.1) is 11.6 Å². The van der Waals surface area contributed by atoms with Crippen LogP contribution in [-0.2, 0) is 0 Å². The van der Waals surface area contributed by atoms with Crippen LogP contribution in [0.25, 0.3) is 6.08 Å². The molecule has 1 aromatic carbocycles. The van der Waals surface area contributed by atoms with Gasteiger partial charge in [0.05, 0.1) is 21.3 Å². The Morgan fingerprint density at radius 1 is 1.11 bits per heavy atom. The monoisotopic (exact) mass is 270 g/mol. The molecule has 0 fully saturated rings. The Morgan fingerprint density at radius 3 is 2.22 bits per heavy atom. The van der Waals surface area contributed by atoms with Crippen LogP contribution in [0.3, 0.4) is 0 Å². The van der Waals surface area contributed by atoms with Crippen LogP contribution in [0.1, 0.15) is 18.9 Å². The first-order valence-electron chi connectivity index (χ1n) is 5.76. The molecule has 0 spiro atoms. The third-order valence-corrected chi connectivity index (χ3v) is 3.06. The Morgan fingerprint density at radius 2 is 1.78 bits per heavy atom. The Kier molecular flexibility index (Phi) is 5.86. The van der Waals surface area contributed by atoms with Gasteiger partial charge in [0.25, 0.3) is 0 Å². The van der Waals surface area contributed by atoms with Gasteiger partial charge in [0.1, 0.15) is 0 Å². The number of benzene rings is 1. The highest BCUT2D eigenvalue weighted by molar-refractivity contribution is 6.19. The summed E-state index contributed by atoms with van der Waals surface area (Å²) in [6.45, 7) is 2.07. The summed E-state index contributed by atoms with van der Waals surface area (Å²) in [5.41, 5.74) is 2.08. The molecule has 0 aromatic heterocycles. The average molecular weight is 271 g/mol. The second-order valence-corrected chi connectivity index (χ2v) is 3.98. The molecule has 0 saturated heterocycles. The van der Waals surface area contributed by atoms with Gasteiger partial charge in [0.2, 0.25) is 5.75 Å². The molecule has 1 aromatic rings. The number of alkyl halides is 1. The van der Waals surface area contributed by atoms with Gasteiger partial charge in [0.15, 0.2) is 11.5 Å². The molecule has 0 atom stereocenters. The fourth-order valence-corrected chi connectivity index (χ4v) is 1.96. The Balaban J connectivity index is 3.33. The Labute approximate surface area is 113 Å². The van der Waals surface area contributed by atoms with Gasteiger partial charge in [-0.1, -0.05) is 18.6 Å². The quantitative estimate of drug-likeness (QED) is 0.737. The van der Waals surface area contributed by atoms with Gasteiger partial charge in [-0.3, -0.25) is 0 Å². The van der Waals surface area contributed by atoms with Crippen LogP contribution in [0.2, 0.25) is 0 Å². The molecule has 18 heavy (non-hydrogen) atoms. The first-order valence-corrected chi connectivity index (χ1v) is 6.29. The van der Waals surface area contributed by atoms with Crippen LogP contribution < -0.4 is 14.2 Å². The van der Waals surface area contributed by atoms with E-state index in [9.17, 15) is 0 Å². The summed E-state index contributed by atoms with van der Waals surface area (Å²) < 4.78 is 16.0. The average Bonchev–Trinajstić information content (AvgIpc) is 2.43. The molecule has 0 aliphatic heterocycles. The fraction of sp³-hybridized carbons (Fsp3) is 0.429. The maximum Gasteiger partial charge on any atom is 0.203 e. The summed E-state index contributed by atoms with van der Waals surface area (Å²) >= 11 is 5.88. The zero-order valence-corrected chi connectivity index (χ0v) is 12.0. The highest BCUT2D eigenvalue weighted by Crippen LogP contribution is 2.40. The van der Waals surface area contributed by atoms with Crippen molar-refractivity contribution in [3.8, 4) is 17.2 Å². The molecular formula is C14H19ClO3. The molecule has 0 heterocycles. The van der Waals surface area contributed by atoms with Crippen molar-refractivity contribution in [1.29, 1.82) is 0 Å². The highest BCUT2D eigenvalue weighted by atomic mass is 35.5. The third-order valence-electron chi connectivity index (χ3n) is 2.72. The van der Waals surface area contributed by atoms with E-state index in [2.05, 4.69) is 6.92 Å². The van der Waals surface area contributed by atoms with E-state index < -0.39 is 0 Å². The lowest BCUT2D eigenvalue weighted by Gasteiger charge is -2.14. The molecule has 0 unspecified atom stereocenters. The van der Waals surface area contributed by atoms with Crippen LogP contribution in [0.4, 0.5) is 0 Å². The summed E-state index contributed by atoms with van der Waals surface area (Å²) in [4.78, 5) is 0. The van der Waals surface area contributed by atoms with Crippen LogP contribution in [-0.4, -0.2) is 27.2 Å². The van der Waals surface area contributed by atoms with Crippen molar-refractivity contribution in [2.24, 2.45) is 0 Å². The number of allylic oxidation sites excluding steroid dienone is 1. The maximum atomic E-state index is 5.88. The minimum absolute atomic E-state index is 0.508. The minimum atomic E-state index is 0.508. The molecule has 0 aliphatic rings. The fourth-order valence-electron chi connectivity index (χ4n) is 1.69. The number of hydrogen-bond acceptors (Lipinski definition) is 3. The van der Waals surface area contributed by atoms with Crippen LogP contribution >= 0.6 is 11.6 Å². The second-order valence-electron chi connectivity index (χ2n) is 3.71. The van der Waals surface area contributed by atoms with E-state index in [1.165, 1.54) is 0 Å². The maximum absolute atomic E-state index is 5.88. The molecule has 3 nitrogen and oxygen atoms in total. The number of halogens is 1. The summed E-state index contributed by atoms with van der Waals surface area (Å²) in [7, 11) is 4.81. The molecule has 1 rings (SSSR count). The molecular weight excluding hydrogens is 252 g/mol. The molecule has 4 heteroatoms. The van der Waals surface area contributed by atoms with Crippen molar-refractivity contribution in [1.82, 2.24) is 0 Å². The van der Waals surface area contributed by atoms with Crippen molar-refractivity contribution in [2.75, 3.05) is 27.2 Å². The van der Waals surface area contributed by atoms with Gasteiger partial charge in [-0.25, -0.2) is 0 Å². The molecule has 0 aliphatic carbocycles. The molecule has 0 N–H and O–H groups in total. The second kappa shape index (κ2) is 7.17. The van der Waals surface area contributed by atoms with Crippen LogP contribution in [0.15, 0.2) is 17.7 Å². The number of hydrogen-bond donors (Lipinski definition) is 0. The van der Waals surface area contributed by atoms with Crippen molar-refractivity contribution < 1.29 is 14.2 Å². The summed E-state index contributed by atoms with van der Waals surface area (Å²) in [5.74, 6) is 2.41.